The average Bonchev–Trinajstić information content (AvgIpc) is 2.50. The Bertz CT molecular complexity index is 810. The lowest BCUT2D eigenvalue weighted by molar-refractivity contribution is -0.167. The molecule has 2 bridgehead atoms. The summed E-state index contributed by atoms with van der Waals surface area (Å²) in [6.45, 7) is 0. The summed E-state index contributed by atoms with van der Waals surface area (Å²) in [7, 11) is 0. The molecular formula is C13H9NO7. The van der Waals surface area contributed by atoms with Crippen molar-refractivity contribution in [2.75, 3.05) is 0 Å². The summed E-state index contributed by atoms with van der Waals surface area (Å²) >= 11 is 0. The summed E-state index contributed by atoms with van der Waals surface area (Å²) in [5.41, 5.74) is -0.643. The highest BCUT2D eigenvalue weighted by Gasteiger charge is 2.36. The third-order valence-electron chi connectivity index (χ3n) is 3.01. The molecule has 2 N–H and O–H groups in total. The van der Waals surface area contributed by atoms with Gasteiger partial charge < -0.3 is 19.8 Å². The van der Waals surface area contributed by atoms with Crippen molar-refractivity contribution in [2.45, 2.75) is 12.2 Å². The Kier molecular flexibility index (Phi) is 2.96. The molecule has 1 aromatic heterocycles. The minimum absolute atomic E-state index is 0.249. The second kappa shape index (κ2) is 4.69. The highest BCUT2D eigenvalue weighted by atomic mass is 16.7. The van der Waals surface area contributed by atoms with E-state index < -0.39 is 35.5 Å². The van der Waals surface area contributed by atoms with Crippen LogP contribution in [-0.4, -0.2) is 39.1 Å². The summed E-state index contributed by atoms with van der Waals surface area (Å²) in [5, 5.41) is 19.5. The van der Waals surface area contributed by atoms with E-state index in [1.807, 2.05) is 0 Å². The van der Waals surface area contributed by atoms with Crippen LogP contribution in [0.1, 0.15) is 0 Å². The van der Waals surface area contributed by atoms with Crippen LogP contribution in [-0.2, 0) is 9.59 Å². The maximum atomic E-state index is 12.1. The maximum Gasteiger partial charge on any atom is 0.364 e. The van der Waals surface area contributed by atoms with E-state index in [2.05, 4.69) is 0 Å². The van der Waals surface area contributed by atoms with E-state index in [0.717, 1.165) is 0 Å². The number of pyridine rings is 1. The van der Waals surface area contributed by atoms with E-state index in [0.29, 0.717) is 10.1 Å². The smallest absolute Gasteiger partial charge is 0.364 e. The molecule has 1 aliphatic rings. The van der Waals surface area contributed by atoms with Crippen molar-refractivity contribution in [3.05, 3.63) is 40.7 Å². The van der Waals surface area contributed by atoms with Crippen LogP contribution < -0.4 is 15.1 Å². The number of benzene rings is 1. The molecule has 1 aromatic carbocycles. The first-order chi connectivity index (χ1) is 9.99. The molecule has 108 valence electrons. The lowest BCUT2D eigenvalue weighted by Crippen LogP contribution is -2.44. The van der Waals surface area contributed by atoms with Gasteiger partial charge in [0.1, 0.15) is 0 Å². The second-order valence-corrected chi connectivity index (χ2v) is 4.39. The monoisotopic (exact) mass is 291 g/mol. The number of rotatable bonds is 0. The SMILES string of the molecule is O=C1Oc2cc3ccccc3n(c2=O)OC(=O)C(O)C1O. The topological polar surface area (TPSA) is 115 Å². The number of nitrogens with zero attached hydrogens (tertiary/aromatic N) is 1. The fraction of sp³-hybridized carbons (Fsp3) is 0.154. The number of ether oxygens (including phenoxy) is 1. The maximum absolute atomic E-state index is 12.1. The van der Waals surface area contributed by atoms with Gasteiger partial charge >= 0.3 is 17.5 Å². The molecule has 1 aliphatic heterocycles. The highest BCUT2D eigenvalue weighted by molar-refractivity contribution is 5.88. The molecule has 21 heavy (non-hydrogen) atoms. The molecule has 0 fully saturated rings. The Morgan fingerprint density at radius 2 is 1.67 bits per heavy atom. The minimum Gasteiger partial charge on any atom is -0.418 e. The predicted molar refractivity (Wildman–Crippen MR) is 67.4 cm³/mol. The predicted octanol–water partition coefficient (Wildman–Crippen LogP) is -1.40. The van der Waals surface area contributed by atoms with Gasteiger partial charge in [-0.05, 0) is 12.1 Å². The molecule has 3 rings (SSSR count). The van der Waals surface area contributed by atoms with Crippen LogP contribution in [0.2, 0.25) is 0 Å². The van der Waals surface area contributed by atoms with E-state index in [-0.39, 0.29) is 5.52 Å². The van der Waals surface area contributed by atoms with Gasteiger partial charge in [-0.1, -0.05) is 18.2 Å². The molecule has 0 radical (unpaired) electrons. The normalized spacial score (nSPS) is 22.0. The van der Waals surface area contributed by atoms with Crippen molar-refractivity contribution in [1.82, 2.24) is 4.73 Å². The number of carbonyl (C=O) groups excluding carboxylic acids is 2. The number of fused-ring (bicyclic) bond motifs is 4. The number of esters is 1. The number of aromatic nitrogens is 1. The van der Waals surface area contributed by atoms with Crippen LogP contribution in [0, 0.1) is 0 Å². The lowest BCUT2D eigenvalue weighted by atomic mass is 10.2. The van der Waals surface area contributed by atoms with E-state index in [1.54, 1.807) is 18.2 Å². The first-order valence-electron chi connectivity index (χ1n) is 5.94. The van der Waals surface area contributed by atoms with Gasteiger partial charge in [0.15, 0.2) is 18.0 Å². The van der Waals surface area contributed by atoms with Crippen LogP contribution in [0.4, 0.5) is 0 Å². The molecule has 0 saturated heterocycles. The van der Waals surface area contributed by atoms with Crippen LogP contribution >= 0.6 is 0 Å². The fourth-order valence-corrected chi connectivity index (χ4v) is 1.94. The van der Waals surface area contributed by atoms with Gasteiger partial charge in [0.25, 0.3) is 0 Å². The van der Waals surface area contributed by atoms with Crippen molar-refractivity contribution < 1.29 is 29.4 Å². The van der Waals surface area contributed by atoms with Crippen molar-refractivity contribution >= 4 is 22.8 Å². The van der Waals surface area contributed by atoms with Gasteiger partial charge in [-0.2, -0.15) is 0 Å². The Hall–Kier alpha value is -2.71. The Morgan fingerprint density at radius 1 is 1.00 bits per heavy atom. The molecule has 8 heteroatoms. The van der Waals surface area contributed by atoms with Crippen LogP contribution in [0.5, 0.6) is 5.75 Å². The van der Waals surface area contributed by atoms with Crippen molar-refractivity contribution in [3.63, 3.8) is 0 Å². The molecule has 8 nitrogen and oxygen atoms in total. The molecule has 0 spiro atoms. The van der Waals surface area contributed by atoms with Gasteiger partial charge in [0, 0.05) is 5.39 Å². The molecule has 2 unspecified atom stereocenters. The van der Waals surface area contributed by atoms with E-state index in [1.165, 1.54) is 12.1 Å². The number of aliphatic hydroxyl groups is 2. The summed E-state index contributed by atoms with van der Waals surface area (Å²) in [6, 6.07) is 7.69. The standard InChI is InChI=1S/C13H9NO7/c15-9-10(16)13(19)21-14-7-4-2-1-3-6(7)5-8(11(14)17)20-12(9)18/h1-5,9-10,15-16H. The molecule has 2 aromatic rings. The lowest BCUT2D eigenvalue weighted by Gasteiger charge is -2.12. The van der Waals surface area contributed by atoms with E-state index >= 15 is 0 Å². The molecule has 0 amide bonds. The second-order valence-electron chi connectivity index (χ2n) is 4.39. The minimum atomic E-state index is -2.16. The number of aliphatic hydroxyl groups excluding tert-OH is 2. The summed E-state index contributed by atoms with van der Waals surface area (Å²) in [4.78, 5) is 40.2. The van der Waals surface area contributed by atoms with Gasteiger partial charge in [0.2, 0.25) is 0 Å². The Labute approximate surface area is 116 Å². The van der Waals surface area contributed by atoms with E-state index in [4.69, 9.17) is 9.57 Å². The highest BCUT2D eigenvalue weighted by Crippen LogP contribution is 2.18. The number of carbonyl (C=O) groups is 2. The van der Waals surface area contributed by atoms with Crippen molar-refractivity contribution in [3.8, 4) is 5.75 Å². The first kappa shape index (κ1) is 13.3. The fourth-order valence-electron chi connectivity index (χ4n) is 1.94. The van der Waals surface area contributed by atoms with Gasteiger partial charge in [-0.25, -0.2) is 9.59 Å². The van der Waals surface area contributed by atoms with Gasteiger partial charge in [-0.15, -0.1) is 4.73 Å². The van der Waals surface area contributed by atoms with Gasteiger partial charge in [0.05, 0.1) is 5.52 Å². The van der Waals surface area contributed by atoms with Crippen LogP contribution in [0.15, 0.2) is 35.1 Å². The quantitative estimate of drug-likeness (QED) is 0.573. The van der Waals surface area contributed by atoms with Crippen molar-refractivity contribution in [2.24, 2.45) is 0 Å². The zero-order valence-corrected chi connectivity index (χ0v) is 10.4. The van der Waals surface area contributed by atoms with Gasteiger partial charge in [-0.3, -0.25) is 4.79 Å². The van der Waals surface area contributed by atoms with E-state index in [9.17, 15) is 24.6 Å². The largest absolute Gasteiger partial charge is 0.418 e. The third kappa shape index (κ3) is 2.06. The van der Waals surface area contributed by atoms with Crippen LogP contribution in [0.25, 0.3) is 10.9 Å². The average molecular weight is 291 g/mol. The molecule has 0 saturated carbocycles. The third-order valence-corrected chi connectivity index (χ3v) is 3.01. The Balaban J connectivity index is 2.30. The number of hydrogen-bond donors (Lipinski definition) is 2. The summed E-state index contributed by atoms with van der Waals surface area (Å²) in [6.07, 6.45) is -4.30. The molecule has 2 heterocycles. The molecule has 2 atom stereocenters. The number of para-hydroxylation sites is 1. The summed E-state index contributed by atoms with van der Waals surface area (Å²) in [5.74, 6) is -3.08. The first-order valence-corrected chi connectivity index (χ1v) is 5.94. The summed E-state index contributed by atoms with van der Waals surface area (Å²) < 4.78 is 5.34. The Morgan fingerprint density at radius 3 is 2.43 bits per heavy atom. The number of hydrogen-bond acceptors (Lipinski definition) is 7. The molecule has 0 aliphatic carbocycles. The zero-order chi connectivity index (χ0) is 15.1. The van der Waals surface area contributed by atoms with Crippen molar-refractivity contribution in [1.29, 1.82) is 0 Å². The van der Waals surface area contributed by atoms with Crippen LogP contribution in [0.3, 0.4) is 0 Å². The zero-order valence-electron chi connectivity index (χ0n) is 10.4. The molecular weight excluding hydrogens is 282 g/mol.